The molecule has 25 heavy (non-hydrogen) atoms. The molecule has 2 atom stereocenters. The predicted molar refractivity (Wildman–Crippen MR) is 99.4 cm³/mol. The maximum absolute atomic E-state index is 11.7. The monoisotopic (exact) mass is 367 g/mol. The van der Waals surface area contributed by atoms with E-state index < -0.39 is 13.0 Å². The number of nitrogens with zero attached hydrogens (tertiary/aromatic N) is 3. The SMILES string of the molecule is CCCCCn1ncc(C2(CC)C=CC(CC)=CC2CP(=O)(O)O)n1. The molecule has 140 valence electrons. The van der Waals surface area contributed by atoms with Crippen LogP contribution in [0.2, 0.25) is 0 Å². The van der Waals surface area contributed by atoms with E-state index in [1.165, 1.54) is 0 Å². The van der Waals surface area contributed by atoms with Crippen LogP contribution >= 0.6 is 7.60 Å². The Morgan fingerprint density at radius 3 is 2.64 bits per heavy atom. The van der Waals surface area contributed by atoms with Crippen molar-refractivity contribution in [1.82, 2.24) is 15.0 Å². The van der Waals surface area contributed by atoms with Gasteiger partial charge in [-0.25, -0.2) is 0 Å². The predicted octanol–water partition coefficient (Wildman–Crippen LogP) is 3.82. The first-order valence-corrected chi connectivity index (χ1v) is 11.0. The number of hydrogen-bond acceptors (Lipinski definition) is 3. The highest BCUT2D eigenvalue weighted by Crippen LogP contribution is 2.48. The smallest absolute Gasteiger partial charge is 0.324 e. The Balaban J connectivity index is 2.33. The van der Waals surface area contributed by atoms with Crippen LogP contribution in [0.1, 0.15) is 58.6 Å². The van der Waals surface area contributed by atoms with E-state index in [1.807, 2.05) is 19.9 Å². The highest BCUT2D eigenvalue weighted by Gasteiger charge is 2.42. The van der Waals surface area contributed by atoms with Crippen LogP contribution in [0.3, 0.4) is 0 Å². The summed E-state index contributed by atoms with van der Waals surface area (Å²) >= 11 is 0. The molecule has 1 aliphatic carbocycles. The average molecular weight is 367 g/mol. The molecular weight excluding hydrogens is 337 g/mol. The summed E-state index contributed by atoms with van der Waals surface area (Å²) < 4.78 is 11.7. The summed E-state index contributed by atoms with van der Waals surface area (Å²) in [6, 6.07) is 0. The van der Waals surface area contributed by atoms with Gasteiger partial charge < -0.3 is 9.79 Å². The van der Waals surface area contributed by atoms with E-state index in [-0.39, 0.29) is 12.1 Å². The Morgan fingerprint density at radius 2 is 2.04 bits per heavy atom. The lowest BCUT2D eigenvalue weighted by Crippen LogP contribution is -2.36. The van der Waals surface area contributed by atoms with Crippen LogP contribution in [0.5, 0.6) is 0 Å². The normalized spacial score (nSPS) is 23.7. The Morgan fingerprint density at radius 1 is 1.28 bits per heavy atom. The average Bonchev–Trinajstić information content (AvgIpc) is 3.03. The van der Waals surface area contributed by atoms with E-state index in [9.17, 15) is 14.4 Å². The van der Waals surface area contributed by atoms with Gasteiger partial charge in [-0.15, -0.1) is 0 Å². The molecule has 1 heterocycles. The van der Waals surface area contributed by atoms with Crippen LogP contribution in [-0.2, 0) is 16.5 Å². The van der Waals surface area contributed by atoms with Gasteiger partial charge in [0.25, 0.3) is 0 Å². The van der Waals surface area contributed by atoms with Gasteiger partial charge in [0, 0.05) is 11.3 Å². The summed E-state index contributed by atoms with van der Waals surface area (Å²) in [5.41, 5.74) is 1.40. The summed E-state index contributed by atoms with van der Waals surface area (Å²) in [6.45, 7) is 7.02. The molecule has 0 fully saturated rings. The first kappa shape index (κ1) is 20.1. The molecule has 2 rings (SSSR count). The van der Waals surface area contributed by atoms with Gasteiger partial charge >= 0.3 is 7.60 Å². The molecular formula is C18H30N3O3P. The molecule has 1 aromatic rings. The molecule has 1 aliphatic rings. The van der Waals surface area contributed by atoms with Gasteiger partial charge in [-0.3, -0.25) is 4.57 Å². The lowest BCUT2D eigenvalue weighted by atomic mass is 9.68. The van der Waals surface area contributed by atoms with Gasteiger partial charge in [0.05, 0.1) is 24.6 Å². The Labute approximate surface area is 150 Å². The zero-order valence-corrected chi connectivity index (χ0v) is 16.3. The van der Waals surface area contributed by atoms with Crippen molar-refractivity contribution in [3.8, 4) is 0 Å². The highest BCUT2D eigenvalue weighted by atomic mass is 31.2. The van der Waals surface area contributed by atoms with Crippen LogP contribution in [0.25, 0.3) is 0 Å². The number of hydrogen-bond donors (Lipinski definition) is 2. The first-order chi connectivity index (χ1) is 11.8. The number of rotatable bonds is 9. The fourth-order valence-corrected chi connectivity index (χ4v) is 4.45. The summed E-state index contributed by atoms with van der Waals surface area (Å²) in [5.74, 6) is -0.279. The van der Waals surface area contributed by atoms with Crippen LogP contribution in [-0.4, -0.2) is 30.9 Å². The molecule has 2 unspecified atom stereocenters. The van der Waals surface area contributed by atoms with Crippen molar-refractivity contribution in [1.29, 1.82) is 0 Å². The third-order valence-corrected chi connectivity index (χ3v) is 5.94. The van der Waals surface area contributed by atoms with Gasteiger partial charge in [-0.2, -0.15) is 15.0 Å². The van der Waals surface area contributed by atoms with Crippen molar-refractivity contribution >= 4 is 7.60 Å². The largest absolute Gasteiger partial charge is 0.326 e. The van der Waals surface area contributed by atoms with Crippen molar-refractivity contribution in [2.45, 2.75) is 64.8 Å². The summed E-state index contributed by atoms with van der Waals surface area (Å²) in [4.78, 5) is 20.8. The van der Waals surface area contributed by atoms with Gasteiger partial charge in [-0.1, -0.05) is 57.4 Å². The lowest BCUT2D eigenvalue weighted by Gasteiger charge is -2.37. The zero-order valence-electron chi connectivity index (χ0n) is 15.4. The molecule has 0 aromatic carbocycles. The Hall–Kier alpha value is -1.23. The van der Waals surface area contributed by atoms with E-state index in [2.05, 4.69) is 29.3 Å². The molecule has 0 saturated carbocycles. The second kappa shape index (κ2) is 8.43. The van der Waals surface area contributed by atoms with E-state index in [0.29, 0.717) is 0 Å². The molecule has 0 saturated heterocycles. The number of aromatic nitrogens is 3. The molecule has 1 aromatic heterocycles. The van der Waals surface area contributed by atoms with Gasteiger partial charge in [0.2, 0.25) is 0 Å². The van der Waals surface area contributed by atoms with Crippen molar-refractivity contribution in [2.24, 2.45) is 5.92 Å². The minimum Gasteiger partial charge on any atom is -0.324 e. The van der Waals surface area contributed by atoms with Crippen LogP contribution in [0.15, 0.2) is 30.0 Å². The molecule has 0 aliphatic heterocycles. The molecule has 0 bridgehead atoms. The van der Waals surface area contributed by atoms with Crippen LogP contribution < -0.4 is 0 Å². The first-order valence-electron chi connectivity index (χ1n) is 9.19. The number of allylic oxidation sites excluding steroid dienone is 4. The van der Waals surface area contributed by atoms with Gasteiger partial charge in [-0.05, 0) is 19.3 Å². The molecule has 2 N–H and O–H groups in total. The van der Waals surface area contributed by atoms with Crippen molar-refractivity contribution in [3.63, 3.8) is 0 Å². The maximum atomic E-state index is 11.7. The topological polar surface area (TPSA) is 88.2 Å². The van der Waals surface area contributed by atoms with E-state index >= 15 is 0 Å². The Bertz CT molecular complexity index is 677. The van der Waals surface area contributed by atoms with Crippen LogP contribution in [0, 0.1) is 5.92 Å². The molecule has 0 radical (unpaired) electrons. The van der Waals surface area contributed by atoms with E-state index in [4.69, 9.17) is 0 Å². The van der Waals surface area contributed by atoms with Crippen molar-refractivity contribution in [2.75, 3.05) is 6.16 Å². The fourth-order valence-electron chi connectivity index (χ4n) is 3.51. The zero-order chi connectivity index (χ0) is 18.5. The molecule has 7 heteroatoms. The third kappa shape index (κ3) is 4.90. The van der Waals surface area contributed by atoms with Crippen LogP contribution in [0.4, 0.5) is 0 Å². The Kier molecular flexibility index (Phi) is 6.78. The minimum absolute atomic E-state index is 0.169. The summed E-state index contributed by atoms with van der Waals surface area (Å²) in [5, 5.41) is 9.04. The minimum atomic E-state index is -4.13. The summed E-state index contributed by atoms with van der Waals surface area (Å²) in [6.07, 6.45) is 12.6. The van der Waals surface area contributed by atoms with Crippen molar-refractivity contribution in [3.05, 3.63) is 35.7 Å². The second-order valence-electron chi connectivity index (χ2n) is 6.81. The summed E-state index contributed by atoms with van der Waals surface area (Å²) in [7, 11) is -4.13. The quantitative estimate of drug-likeness (QED) is 0.512. The molecule has 0 amide bonds. The number of unbranched alkanes of at least 4 members (excludes halogenated alkanes) is 2. The third-order valence-electron chi connectivity index (χ3n) is 5.07. The fraction of sp³-hybridized carbons (Fsp3) is 0.667. The maximum Gasteiger partial charge on any atom is 0.326 e. The second-order valence-corrected chi connectivity index (χ2v) is 8.50. The molecule has 6 nitrogen and oxygen atoms in total. The van der Waals surface area contributed by atoms with Crippen molar-refractivity contribution < 1.29 is 14.4 Å². The molecule has 0 spiro atoms. The lowest BCUT2D eigenvalue weighted by molar-refractivity contribution is 0.333. The number of aryl methyl sites for hydroxylation is 1. The van der Waals surface area contributed by atoms with E-state index in [0.717, 1.165) is 49.9 Å². The standard InChI is InChI=1S/C18H30N3O3P/c1-4-7-8-11-21-19-13-17(20-21)18(6-3)10-9-15(5-2)12-16(18)14-25(22,23)24/h9-10,12-13,16H,4-8,11,14H2,1-3H3,(H2,22,23,24). The van der Waals surface area contributed by atoms with E-state index in [1.54, 1.807) is 11.0 Å². The van der Waals surface area contributed by atoms with Gasteiger partial charge in [0.15, 0.2) is 0 Å². The highest BCUT2D eigenvalue weighted by molar-refractivity contribution is 7.51. The van der Waals surface area contributed by atoms with Gasteiger partial charge in [0.1, 0.15) is 0 Å².